The van der Waals surface area contributed by atoms with Crippen molar-refractivity contribution in [3.8, 4) is 0 Å². The van der Waals surface area contributed by atoms with Gasteiger partial charge in [0, 0.05) is 0 Å². The Kier molecular flexibility index (Phi) is 11.3. The van der Waals surface area contributed by atoms with E-state index >= 15 is 0 Å². The average molecular weight is 303 g/mol. The van der Waals surface area contributed by atoms with Crippen molar-refractivity contribution in [2.45, 2.75) is 46.2 Å². The van der Waals surface area contributed by atoms with Crippen LogP contribution in [0.2, 0.25) is 0 Å². The molecular formula is C11H21Cl2N2V. The minimum atomic E-state index is -1.17. The largest absolute Gasteiger partial charge is 1.00 e. The Morgan fingerprint density at radius 1 is 1.06 bits per heavy atom. The Balaban J connectivity index is 0. The third kappa shape index (κ3) is 7.00. The van der Waals surface area contributed by atoms with E-state index in [-0.39, 0.29) is 24.8 Å². The standard InChI is InChI=1S/C5H5.2C3H8N.2ClH.V/c1-2-4-5-3-1;2*1-3(2)4;;;/h1-3H,4H2;2*3-4H,1-2H3;2*1H;/q;2*-1;;;+4/p-2. The van der Waals surface area contributed by atoms with Crippen LogP contribution in [0.15, 0.2) is 22.5 Å². The SMILES string of the molecule is CC(C)[NH][V+2]([NH]C(C)C)[C]1=CC=CC1.[Cl-].[Cl-]. The maximum atomic E-state index is 3.68. The average Bonchev–Trinajstić information content (AvgIpc) is 2.52. The molecule has 16 heavy (non-hydrogen) atoms. The number of rotatable bonds is 5. The van der Waals surface area contributed by atoms with Gasteiger partial charge < -0.3 is 24.8 Å². The van der Waals surface area contributed by atoms with Crippen LogP contribution in [0.4, 0.5) is 0 Å². The molecule has 0 atom stereocenters. The van der Waals surface area contributed by atoms with Crippen molar-refractivity contribution in [2.24, 2.45) is 0 Å². The van der Waals surface area contributed by atoms with Crippen LogP contribution in [0.5, 0.6) is 0 Å². The zero-order chi connectivity index (χ0) is 10.6. The van der Waals surface area contributed by atoms with Crippen LogP contribution in [0.1, 0.15) is 34.1 Å². The molecule has 0 bridgehead atoms. The van der Waals surface area contributed by atoms with Gasteiger partial charge in [0.1, 0.15) is 0 Å². The second-order valence-corrected chi connectivity index (χ2v) is 6.94. The molecule has 0 aromatic rings. The molecule has 0 spiro atoms. The van der Waals surface area contributed by atoms with Gasteiger partial charge in [0.25, 0.3) is 0 Å². The van der Waals surface area contributed by atoms with E-state index in [1.807, 2.05) is 0 Å². The van der Waals surface area contributed by atoms with Crippen molar-refractivity contribution in [1.82, 2.24) is 8.33 Å². The second-order valence-electron chi connectivity index (χ2n) is 4.19. The molecular weight excluding hydrogens is 282 g/mol. The van der Waals surface area contributed by atoms with Crippen molar-refractivity contribution in [3.63, 3.8) is 0 Å². The Morgan fingerprint density at radius 3 is 1.88 bits per heavy atom. The molecule has 0 heterocycles. The van der Waals surface area contributed by atoms with Crippen LogP contribution in [0.3, 0.4) is 0 Å². The predicted molar refractivity (Wildman–Crippen MR) is 58.4 cm³/mol. The molecule has 2 N–H and O–H groups in total. The molecule has 5 heteroatoms. The van der Waals surface area contributed by atoms with Gasteiger partial charge in [-0.05, 0) is 0 Å². The van der Waals surface area contributed by atoms with Crippen LogP contribution < -0.4 is 33.1 Å². The van der Waals surface area contributed by atoms with Gasteiger partial charge in [-0.2, -0.15) is 0 Å². The number of hydrogen-bond acceptors (Lipinski definition) is 2. The first kappa shape index (κ1) is 18.9. The first-order chi connectivity index (χ1) is 6.59. The zero-order valence-corrected chi connectivity index (χ0v) is 13.2. The van der Waals surface area contributed by atoms with Crippen molar-refractivity contribution in [3.05, 3.63) is 22.5 Å². The minimum Gasteiger partial charge on any atom is -1.00 e. The van der Waals surface area contributed by atoms with Crippen LogP contribution in [0, 0.1) is 0 Å². The molecule has 2 nitrogen and oxygen atoms in total. The van der Waals surface area contributed by atoms with Gasteiger partial charge in [-0.15, -0.1) is 0 Å². The van der Waals surface area contributed by atoms with E-state index in [1.54, 1.807) is 4.28 Å². The Hall–Kier alpha value is 0.564. The van der Waals surface area contributed by atoms with Gasteiger partial charge >= 0.3 is 92.7 Å². The van der Waals surface area contributed by atoms with Crippen LogP contribution >= 0.6 is 0 Å². The van der Waals surface area contributed by atoms with Crippen LogP contribution in [-0.2, 0) is 15.6 Å². The summed E-state index contributed by atoms with van der Waals surface area (Å²) in [6.45, 7) is 8.86. The summed E-state index contributed by atoms with van der Waals surface area (Å²) < 4.78 is 8.94. The summed E-state index contributed by atoms with van der Waals surface area (Å²) in [6.07, 6.45) is 7.81. The van der Waals surface area contributed by atoms with Gasteiger partial charge in [-0.1, -0.05) is 0 Å². The second kappa shape index (κ2) is 9.58. The summed E-state index contributed by atoms with van der Waals surface area (Å²) in [5.74, 6) is 0. The van der Waals surface area contributed by atoms with E-state index in [0.29, 0.717) is 12.1 Å². The van der Waals surface area contributed by atoms with Gasteiger partial charge in [-0.25, -0.2) is 0 Å². The fourth-order valence-corrected chi connectivity index (χ4v) is 4.39. The summed E-state index contributed by atoms with van der Waals surface area (Å²) >= 11 is -1.17. The van der Waals surface area contributed by atoms with Crippen LogP contribution in [-0.4, -0.2) is 12.1 Å². The molecule has 1 rings (SSSR count). The molecule has 0 saturated carbocycles. The molecule has 0 aliphatic heterocycles. The first-order valence-corrected chi connectivity index (χ1v) is 7.37. The van der Waals surface area contributed by atoms with Crippen LogP contribution in [0.25, 0.3) is 0 Å². The molecule has 0 fully saturated rings. The minimum absolute atomic E-state index is 0. The molecule has 1 aliphatic rings. The summed E-state index contributed by atoms with van der Waals surface area (Å²) in [6, 6.07) is 1.14. The zero-order valence-electron chi connectivity index (χ0n) is 10.3. The van der Waals surface area contributed by atoms with E-state index in [2.05, 4.69) is 54.3 Å². The van der Waals surface area contributed by atoms with Gasteiger partial charge in [0.05, 0.1) is 0 Å². The van der Waals surface area contributed by atoms with Crippen molar-refractivity contribution in [2.75, 3.05) is 0 Å². The monoisotopic (exact) mass is 302 g/mol. The van der Waals surface area contributed by atoms with E-state index in [9.17, 15) is 0 Å². The van der Waals surface area contributed by atoms with Crippen molar-refractivity contribution in [1.29, 1.82) is 0 Å². The van der Waals surface area contributed by atoms with Crippen molar-refractivity contribution >= 4 is 0 Å². The van der Waals surface area contributed by atoms with Gasteiger partial charge in [0.15, 0.2) is 0 Å². The van der Waals surface area contributed by atoms with E-state index in [0.717, 1.165) is 6.42 Å². The normalized spacial score (nSPS) is 13.5. The molecule has 0 unspecified atom stereocenters. The topological polar surface area (TPSA) is 24.1 Å². The maximum Gasteiger partial charge on any atom is -1.00 e. The fourth-order valence-electron chi connectivity index (χ4n) is 1.32. The van der Waals surface area contributed by atoms with Gasteiger partial charge in [-0.3, -0.25) is 0 Å². The first-order valence-electron chi connectivity index (χ1n) is 5.27. The molecule has 1 aliphatic carbocycles. The summed E-state index contributed by atoms with van der Waals surface area (Å²) in [4.78, 5) is 0. The Morgan fingerprint density at radius 2 is 1.56 bits per heavy atom. The molecule has 0 radical (unpaired) electrons. The number of allylic oxidation sites excluding steroid dienone is 4. The number of hydrogen-bond donors (Lipinski definition) is 2. The quantitative estimate of drug-likeness (QED) is 0.546. The number of halogens is 2. The molecule has 0 amide bonds. The third-order valence-electron chi connectivity index (χ3n) is 1.81. The molecule has 94 valence electrons. The Labute approximate surface area is 117 Å². The molecule has 0 saturated heterocycles. The predicted octanol–water partition coefficient (Wildman–Crippen LogP) is -3.72. The third-order valence-corrected chi connectivity index (χ3v) is 5.65. The fraction of sp³-hybridized carbons (Fsp3) is 0.636. The Bertz CT molecular complexity index is 230. The summed E-state index contributed by atoms with van der Waals surface area (Å²) in [5.41, 5.74) is 0. The summed E-state index contributed by atoms with van der Waals surface area (Å²) in [7, 11) is 0. The van der Waals surface area contributed by atoms with Crippen molar-refractivity contribution < 1.29 is 40.4 Å². The number of nitrogens with one attached hydrogen (secondary N) is 2. The van der Waals surface area contributed by atoms with E-state index in [4.69, 9.17) is 0 Å². The van der Waals surface area contributed by atoms with Gasteiger partial charge in [0.2, 0.25) is 0 Å². The van der Waals surface area contributed by atoms with E-state index < -0.39 is 15.6 Å². The molecule has 0 aromatic carbocycles. The maximum absolute atomic E-state index is 3.68. The molecule has 0 aromatic heterocycles. The summed E-state index contributed by atoms with van der Waals surface area (Å²) in [5, 5.41) is 0. The van der Waals surface area contributed by atoms with E-state index in [1.165, 1.54) is 0 Å². The smallest absolute Gasteiger partial charge is 1.00 e.